The number of hydrogen-bond acceptors (Lipinski definition) is 5. The van der Waals surface area contributed by atoms with Crippen LogP contribution in [-0.4, -0.2) is 36.1 Å². The van der Waals surface area contributed by atoms with E-state index in [1.165, 1.54) is 6.20 Å². The van der Waals surface area contributed by atoms with Crippen molar-refractivity contribution in [3.63, 3.8) is 0 Å². The van der Waals surface area contributed by atoms with Crippen LogP contribution in [0.3, 0.4) is 0 Å². The van der Waals surface area contributed by atoms with Gasteiger partial charge in [0.15, 0.2) is 0 Å². The van der Waals surface area contributed by atoms with Gasteiger partial charge < -0.3 is 15.0 Å². The number of nitrogens with one attached hydrogen (secondary N) is 1. The highest BCUT2D eigenvalue weighted by Gasteiger charge is 2.18. The highest BCUT2D eigenvalue weighted by Crippen LogP contribution is 2.27. The molecule has 0 atom stereocenters. The highest BCUT2D eigenvalue weighted by molar-refractivity contribution is 6.32. The number of methoxy groups -OCH3 is 1. The van der Waals surface area contributed by atoms with Crippen LogP contribution in [-0.2, 0) is 0 Å². The van der Waals surface area contributed by atoms with E-state index in [-0.39, 0.29) is 11.6 Å². The molecule has 25 heavy (non-hydrogen) atoms. The largest absolute Gasteiger partial charge is 0.495 e. The first-order valence-electron chi connectivity index (χ1n) is 8.28. The van der Waals surface area contributed by atoms with Crippen LogP contribution < -0.4 is 15.0 Å². The minimum atomic E-state index is -0.326. The molecule has 0 bridgehead atoms. The van der Waals surface area contributed by atoms with Crippen molar-refractivity contribution in [1.82, 2.24) is 9.97 Å². The number of anilines is 2. The Morgan fingerprint density at radius 2 is 2.04 bits per heavy atom. The molecule has 2 heterocycles. The summed E-state index contributed by atoms with van der Waals surface area (Å²) in [4.78, 5) is 23.2. The Labute approximate surface area is 152 Å². The second kappa shape index (κ2) is 7.70. The Kier molecular flexibility index (Phi) is 5.38. The van der Waals surface area contributed by atoms with E-state index >= 15 is 0 Å². The number of halogens is 1. The molecule has 1 saturated heterocycles. The van der Waals surface area contributed by atoms with Crippen LogP contribution in [0.2, 0.25) is 5.02 Å². The van der Waals surface area contributed by atoms with E-state index in [1.807, 2.05) is 0 Å². The van der Waals surface area contributed by atoms with Crippen molar-refractivity contribution in [2.75, 3.05) is 30.4 Å². The number of nitrogens with zero attached hydrogens (tertiary/aromatic N) is 3. The summed E-state index contributed by atoms with van der Waals surface area (Å²) in [5.74, 6) is 1.80. The third-order valence-corrected chi connectivity index (χ3v) is 4.68. The van der Waals surface area contributed by atoms with Gasteiger partial charge in [0, 0.05) is 18.8 Å². The van der Waals surface area contributed by atoms with Gasteiger partial charge in [0.2, 0.25) is 0 Å². The summed E-state index contributed by atoms with van der Waals surface area (Å²) < 4.78 is 5.10. The molecule has 0 saturated carbocycles. The molecule has 1 amide bonds. The Morgan fingerprint density at radius 1 is 1.28 bits per heavy atom. The van der Waals surface area contributed by atoms with E-state index in [9.17, 15) is 4.79 Å². The average molecular weight is 361 g/mol. The lowest BCUT2D eigenvalue weighted by Gasteiger charge is -2.30. The quantitative estimate of drug-likeness (QED) is 0.901. The summed E-state index contributed by atoms with van der Waals surface area (Å²) in [6.07, 6.45) is 5.48. The van der Waals surface area contributed by atoms with Crippen molar-refractivity contribution in [2.45, 2.75) is 19.8 Å². The van der Waals surface area contributed by atoms with Crippen LogP contribution in [0.4, 0.5) is 11.5 Å². The minimum absolute atomic E-state index is 0.265. The van der Waals surface area contributed by atoms with Crippen LogP contribution in [0.5, 0.6) is 5.75 Å². The van der Waals surface area contributed by atoms with Gasteiger partial charge in [-0.3, -0.25) is 4.79 Å². The molecule has 1 fully saturated rings. The van der Waals surface area contributed by atoms with E-state index in [1.54, 1.807) is 31.5 Å². The monoisotopic (exact) mass is 360 g/mol. The zero-order chi connectivity index (χ0) is 17.8. The van der Waals surface area contributed by atoms with Gasteiger partial charge in [-0.1, -0.05) is 18.5 Å². The van der Waals surface area contributed by atoms with Crippen LogP contribution in [0.25, 0.3) is 0 Å². The number of hydrogen-bond donors (Lipinski definition) is 1. The average Bonchev–Trinajstić information content (AvgIpc) is 2.63. The molecule has 6 nitrogen and oxygen atoms in total. The first kappa shape index (κ1) is 17.5. The number of piperidine rings is 1. The minimum Gasteiger partial charge on any atom is -0.495 e. The Bertz CT molecular complexity index is 743. The number of aromatic nitrogens is 2. The molecule has 0 radical (unpaired) electrons. The van der Waals surface area contributed by atoms with Crippen LogP contribution in [0.15, 0.2) is 30.6 Å². The number of amides is 1. The topological polar surface area (TPSA) is 67.3 Å². The van der Waals surface area contributed by atoms with Crippen molar-refractivity contribution in [2.24, 2.45) is 5.92 Å². The summed E-state index contributed by atoms with van der Waals surface area (Å²) in [6.45, 7) is 4.22. The zero-order valence-electron chi connectivity index (χ0n) is 14.3. The Balaban J connectivity index is 1.65. The van der Waals surface area contributed by atoms with Gasteiger partial charge in [-0.05, 0) is 37.0 Å². The second-order valence-electron chi connectivity index (χ2n) is 6.23. The number of rotatable bonds is 4. The molecule has 1 aliphatic rings. The van der Waals surface area contributed by atoms with Gasteiger partial charge in [-0.2, -0.15) is 0 Å². The van der Waals surface area contributed by atoms with E-state index in [2.05, 4.69) is 27.1 Å². The summed E-state index contributed by atoms with van der Waals surface area (Å²) in [5.41, 5.74) is 0.841. The maximum absolute atomic E-state index is 12.3. The fourth-order valence-electron chi connectivity index (χ4n) is 2.78. The molecule has 3 rings (SSSR count). The molecule has 1 aromatic carbocycles. The lowest BCUT2D eigenvalue weighted by atomic mass is 9.99. The van der Waals surface area contributed by atoms with Crippen LogP contribution in [0.1, 0.15) is 30.3 Å². The molecule has 132 valence electrons. The van der Waals surface area contributed by atoms with Crippen molar-refractivity contribution in [3.05, 3.63) is 41.3 Å². The molecule has 1 N–H and O–H groups in total. The van der Waals surface area contributed by atoms with Gasteiger partial charge in [0.1, 0.15) is 17.3 Å². The zero-order valence-corrected chi connectivity index (χ0v) is 15.1. The van der Waals surface area contributed by atoms with Crippen molar-refractivity contribution >= 4 is 29.0 Å². The van der Waals surface area contributed by atoms with Gasteiger partial charge in [0.25, 0.3) is 5.91 Å². The molecular formula is C18H21ClN4O2. The molecule has 2 aromatic rings. The third-order valence-electron chi connectivity index (χ3n) is 4.39. The summed E-state index contributed by atoms with van der Waals surface area (Å²) >= 11 is 6.07. The predicted molar refractivity (Wildman–Crippen MR) is 98.6 cm³/mol. The van der Waals surface area contributed by atoms with Gasteiger partial charge in [-0.15, -0.1) is 0 Å². The molecule has 0 spiro atoms. The first-order valence-corrected chi connectivity index (χ1v) is 8.66. The van der Waals surface area contributed by atoms with Crippen LogP contribution in [0, 0.1) is 5.92 Å². The number of ether oxygens (including phenoxy) is 1. The van der Waals surface area contributed by atoms with Crippen molar-refractivity contribution in [3.8, 4) is 5.75 Å². The highest BCUT2D eigenvalue weighted by atomic mass is 35.5. The molecular weight excluding hydrogens is 340 g/mol. The normalized spacial score (nSPS) is 15.1. The summed E-state index contributed by atoms with van der Waals surface area (Å²) in [7, 11) is 1.54. The standard InChI is InChI=1S/C18H21ClN4O2/c1-12-5-7-23(8-6-12)17-11-20-15(10-21-17)18(24)22-13-3-4-16(25-2)14(19)9-13/h3-4,9-12H,5-8H2,1-2H3,(H,22,24). The maximum Gasteiger partial charge on any atom is 0.275 e. The fraction of sp³-hybridized carbons (Fsp3) is 0.389. The molecule has 0 aliphatic carbocycles. The van der Waals surface area contributed by atoms with E-state index in [0.29, 0.717) is 16.5 Å². The number of benzene rings is 1. The molecule has 1 aliphatic heterocycles. The first-order chi connectivity index (χ1) is 12.1. The molecule has 7 heteroatoms. The van der Waals surface area contributed by atoms with E-state index in [0.717, 1.165) is 37.7 Å². The van der Waals surface area contributed by atoms with Crippen molar-refractivity contribution in [1.29, 1.82) is 0 Å². The summed E-state index contributed by atoms with van der Waals surface area (Å²) in [6, 6.07) is 5.05. The molecule has 1 aromatic heterocycles. The maximum atomic E-state index is 12.3. The lowest BCUT2D eigenvalue weighted by Crippen LogP contribution is -2.33. The van der Waals surface area contributed by atoms with Crippen LogP contribution >= 0.6 is 11.6 Å². The smallest absolute Gasteiger partial charge is 0.275 e. The third kappa shape index (κ3) is 4.20. The number of carbonyl (C=O) groups excluding carboxylic acids is 1. The van der Waals surface area contributed by atoms with Crippen molar-refractivity contribution < 1.29 is 9.53 Å². The van der Waals surface area contributed by atoms with Gasteiger partial charge >= 0.3 is 0 Å². The lowest BCUT2D eigenvalue weighted by molar-refractivity contribution is 0.102. The predicted octanol–water partition coefficient (Wildman–Crippen LogP) is 3.63. The van der Waals surface area contributed by atoms with Gasteiger partial charge in [-0.25, -0.2) is 9.97 Å². The Morgan fingerprint density at radius 3 is 2.64 bits per heavy atom. The van der Waals surface area contributed by atoms with E-state index < -0.39 is 0 Å². The summed E-state index contributed by atoms with van der Waals surface area (Å²) in [5, 5.41) is 3.19. The Hall–Kier alpha value is -2.34. The SMILES string of the molecule is COc1ccc(NC(=O)c2cnc(N3CCC(C)CC3)cn2)cc1Cl. The molecule has 0 unspecified atom stereocenters. The number of carbonyl (C=O) groups is 1. The van der Waals surface area contributed by atoms with E-state index in [4.69, 9.17) is 16.3 Å². The second-order valence-corrected chi connectivity index (χ2v) is 6.64. The fourth-order valence-corrected chi connectivity index (χ4v) is 3.04. The van der Waals surface area contributed by atoms with Gasteiger partial charge in [0.05, 0.1) is 24.5 Å².